The minimum atomic E-state index is -3.39. The molecule has 0 aliphatic rings. The van der Waals surface area contributed by atoms with Gasteiger partial charge >= 0.3 is 0 Å². The summed E-state index contributed by atoms with van der Waals surface area (Å²) in [5.74, 6) is 0. The van der Waals surface area contributed by atoms with Crippen LogP contribution in [0.2, 0.25) is 0 Å². The molecule has 0 spiro atoms. The lowest BCUT2D eigenvalue weighted by Crippen LogP contribution is -2.11. The molecule has 3 aromatic carbocycles. The fourth-order valence-corrected chi connectivity index (χ4v) is 3.75. The number of hydrogen-bond donors (Lipinski definition) is 1. The highest BCUT2D eigenvalue weighted by Gasteiger charge is 2.15. The second-order valence-corrected chi connectivity index (χ2v) is 8.17. The van der Waals surface area contributed by atoms with Crippen molar-refractivity contribution >= 4 is 42.4 Å². The van der Waals surface area contributed by atoms with Crippen molar-refractivity contribution in [2.45, 2.75) is 6.92 Å². The Balaban J connectivity index is 2.35. The van der Waals surface area contributed by atoms with Crippen LogP contribution in [-0.2, 0) is 10.0 Å². The number of aryl methyl sites for hydroxylation is 1. The van der Waals surface area contributed by atoms with Crippen molar-refractivity contribution in [3.8, 4) is 11.1 Å². The molecule has 0 saturated heterocycles. The van der Waals surface area contributed by atoms with E-state index < -0.39 is 10.0 Å². The average Bonchev–Trinajstić information content (AvgIpc) is 2.50. The third kappa shape index (κ3) is 3.41. The smallest absolute Gasteiger partial charge is 0.229 e. The van der Waals surface area contributed by atoms with E-state index in [0.717, 1.165) is 31.9 Å². The summed E-state index contributed by atoms with van der Waals surface area (Å²) in [7, 11) is -3.39. The Hall–Kier alpha value is -1.85. The predicted octanol–water partition coefficient (Wildman–Crippen LogP) is 4.95. The molecule has 0 aliphatic heterocycles. The number of fused-ring (bicyclic) bond motifs is 1. The van der Waals surface area contributed by atoms with E-state index in [1.165, 1.54) is 6.26 Å². The number of hydrogen-bond acceptors (Lipinski definition) is 2. The highest BCUT2D eigenvalue weighted by atomic mass is 79.9. The van der Waals surface area contributed by atoms with Crippen molar-refractivity contribution < 1.29 is 8.42 Å². The summed E-state index contributed by atoms with van der Waals surface area (Å²) in [5.41, 5.74) is 3.58. The zero-order valence-corrected chi connectivity index (χ0v) is 15.2. The lowest BCUT2D eigenvalue weighted by Gasteiger charge is -2.16. The van der Waals surface area contributed by atoms with Gasteiger partial charge in [-0.3, -0.25) is 4.72 Å². The van der Waals surface area contributed by atoms with Gasteiger partial charge < -0.3 is 0 Å². The van der Waals surface area contributed by atoms with E-state index in [9.17, 15) is 8.42 Å². The quantitative estimate of drug-likeness (QED) is 0.688. The number of sulfonamides is 1. The maximum atomic E-state index is 11.8. The van der Waals surface area contributed by atoms with Gasteiger partial charge in [-0.25, -0.2) is 8.42 Å². The molecule has 0 saturated carbocycles. The van der Waals surface area contributed by atoms with E-state index in [2.05, 4.69) is 20.7 Å². The lowest BCUT2D eigenvalue weighted by atomic mass is 9.98. The van der Waals surface area contributed by atoms with Crippen LogP contribution in [0.4, 0.5) is 5.69 Å². The van der Waals surface area contributed by atoms with E-state index in [1.807, 2.05) is 61.5 Å². The van der Waals surface area contributed by atoms with E-state index in [-0.39, 0.29) is 0 Å². The third-order valence-electron chi connectivity index (χ3n) is 3.64. The Bertz CT molecular complexity index is 980. The van der Waals surface area contributed by atoms with Gasteiger partial charge in [0.1, 0.15) is 0 Å². The summed E-state index contributed by atoms with van der Waals surface area (Å²) in [6.07, 6.45) is 1.17. The van der Waals surface area contributed by atoms with Crippen LogP contribution in [0.3, 0.4) is 0 Å². The largest absolute Gasteiger partial charge is 0.283 e. The first kappa shape index (κ1) is 16.0. The van der Waals surface area contributed by atoms with Gasteiger partial charge in [0, 0.05) is 15.4 Å². The van der Waals surface area contributed by atoms with E-state index in [0.29, 0.717) is 5.69 Å². The van der Waals surface area contributed by atoms with Crippen molar-refractivity contribution in [3.63, 3.8) is 0 Å². The molecule has 1 N–H and O–H groups in total. The molecule has 0 atom stereocenters. The molecule has 5 heteroatoms. The van der Waals surface area contributed by atoms with Gasteiger partial charge in [-0.05, 0) is 23.9 Å². The molecular formula is C18H16BrNO2S. The molecular weight excluding hydrogens is 374 g/mol. The van der Waals surface area contributed by atoms with Gasteiger partial charge in [0.25, 0.3) is 0 Å². The second-order valence-electron chi connectivity index (χ2n) is 5.57. The summed E-state index contributed by atoms with van der Waals surface area (Å²) < 4.78 is 27.3. The maximum absolute atomic E-state index is 11.8. The second kappa shape index (κ2) is 5.98. The Morgan fingerprint density at radius 3 is 2.17 bits per heavy atom. The number of rotatable bonds is 3. The summed E-state index contributed by atoms with van der Waals surface area (Å²) in [6.45, 7) is 2.02. The monoisotopic (exact) mass is 389 g/mol. The molecule has 0 radical (unpaired) electrons. The number of nitrogens with one attached hydrogen (secondary N) is 1. The zero-order valence-electron chi connectivity index (χ0n) is 12.8. The standard InChI is InChI=1S/C18H16BrNO2S/c1-12-7-9-13(10-8-12)16-11-17(19)14-5-3-4-6-15(14)18(16)20-23(2,21)22/h3-11,20H,1-2H3. The maximum Gasteiger partial charge on any atom is 0.229 e. The molecule has 0 heterocycles. The molecule has 3 aromatic rings. The van der Waals surface area contributed by atoms with Crippen LogP contribution in [0.25, 0.3) is 21.9 Å². The van der Waals surface area contributed by atoms with Gasteiger partial charge in [-0.15, -0.1) is 0 Å². The highest BCUT2D eigenvalue weighted by molar-refractivity contribution is 9.10. The van der Waals surface area contributed by atoms with Crippen molar-refractivity contribution in [2.24, 2.45) is 0 Å². The van der Waals surface area contributed by atoms with Crippen molar-refractivity contribution in [3.05, 3.63) is 64.6 Å². The van der Waals surface area contributed by atoms with Crippen LogP contribution in [0.1, 0.15) is 5.56 Å². The number of anilines is 1. The Morgan fingerprint density at radius 1 is 0.957 bits per heavy atom. The van der Waals surface area contributed by atoms with E-state index in [4.69, 9.17) is 0 Å². The normalized spacial score (nSPS) is 11.6. The van der Waals surface area contributed by atoms with Crippen LogP contribution in [0, 0.1) is 6.92 Å². The van der Waals surface area contributed by atoms with Crippen LogP contribution in [-0.4, -0.2) is 14.7 Å². The fourth-order valence-electron chi connectivity index (χ4n) is 2.59. The Labute approximate surface area is 144 Å². The van der Waals surface area contributed by atoms with Gasteiger partial charge in [-0.1, -0.05) is 70.0 Å². The van der Waals surface area contributed by atoms with Crippen LogP contribution in [0.15, 0.2) is 59.1 Å². The first-order valence-electron chi connectivity index (χ1n) is 7.11. The summed E-state index contributed by atoms with van der Waals surface area (Å²) in [4.78, 5) is 0. The first-order valence-corrected chi connectivity index (χ1v) is 9.80. The van der Waals surface area contributed by atoms with Gasteiger partial charge in [0.05, 0.1) is 11.9 Å². The molecule has 118 valence electrons. The molecule has 23 heavy (non-hydrogen) atoms. The summed E-state index contributed by atoms with van der Waals surface area (Å²) in [6, 6.07) is 17.7. The molecule has 0 bridgehead atoms. The van der Waals surface area contributed by atoms with Gasteiger partial charge in [-0.2, -0.15) is 0 Å². The van der Waals surface area contributed by atoms with Crippen molar-refractivity contribution in [1.29, 1.82) is 0 Å². The Kier molecular flexibility index (Phi) is 4.17. The SMILES string of the molecule is Cc1ccc(-c2cc(Br)c3ccccc3c2NS(C)(=O)=O)cc1. The molecule has 0 fully saturated rings. The minimum Gasteiger partial charge on any atom is -0.283 e. The molecule has 0 aliphatic carbocycles. The van der Waals surface area contributed by atoms with Gasteiger partial charge in [0.2, 0.25) is 10.0 Å². The number of halogens is 1. The first-order chi connectivity index (χ1) is 10.8. The van der Waals surface area contributed by atoms with Crippen LogP contribution < -0.4 is 4.72 Å². The fraction of sp³-hybridized carbons (Fsp3) is 0.111. The molecule has 3 nitrogen and oxygen atoms in total. The Morgan fingerprint density at radius 2 is 1.57 bits per heavy atom. The van der Waals surface area contributed by atoms with Crippen LogP contribution in [0.5, 0.6) is 0 Å². The topological polar surface area (TPSA) is 46.2 Å². The molecule has 3 rings (SSSR count). The third-order valence-corrected chi connectivity index (χ3v) is 4.88. The average molecular weight is 390 g/mol. The molecule has 0 aromatic heterocycles. The van der Waals surface area contributed by atoms with Crippen LogP contribution >= 0.6 is 15.9 Å². The van der Waals surface area contributed by atoms with E-state index in [1.54, 1.807) is 0 Å². The predicted molar refractivity (Wildman–Crippen MR) is 100 cm³/mol. The zero-order chi connectivity index (χ0) is 16.6. The van der Waals surface area contributed by atoms with Gasteiger partial charge in [0.15, 0.2) is 0 Å². The summed E-state index contributed by atoms with van der Waals surface area (Å²) in [5, 5.41) is 1.83. The van der Waals surface area contributed by atoms with E-state index >= 15 is 0 Å². The lowest BCUT2D eigenvalue weighted by molar-refractivity contribution is 0.607. The number of benzene rings is 3. The van der Waals surface area contributed by atoms with Crippen molar-refractivity contribution in [2.75, 3.05) is 11.0 Å². The van der Waals surface area contributed by atoms with Crippen molar-refractivity contribution in [1.82, 2.24) is 0 Å². The minimum absolute atomic E-state index is 0.607. The molecule has 0 unspecified atom stereocenters. The highest BCUT2D eigenvalue weighted by Crippen LogP contribution is 2.39. The summed E-state index contributed by atoms with van der Waals surface area (Å²) >= 11 is 3.60. The molecule has 0 amide bonds.